The molecule has 0 atom stereocenters. The smallest absolute Gasteiger partial charge is 0.252 e. The molecule has 0 unspecified atom stereocenters. The molecule has 3 heteroatoms. The average Bonchev–Trinajstić information content (AvgIpc) is 3.31. The van der Waals surface area contributed by atoms with Gasteiger partial charge in [-0.1, -0.05) is 198 Å². The zero-order valence-corrected chi connectivity index (χ0v) is 40.6. The molecule has 2 nitrogen and oxygen atoms in total. The van der Waals surface area contributed by atoms with Gasteiger partial charge < -0.3 is 9.80 Å². The minimum atomic E-state index is -0.132. The first-order valence-corrected chi connectivity index (χ1v) is 24.4. The highest BCUT2D eigenvalue weighted by molar-refractivity contribution is 7.00. The van der Waals surface area contributed by atoms with E-state index in [-0.39, 0.29) is 28.4 Å². The minimum Gasteiger partial charge on any atom is -0.311 e. The first-order chi connectivity index (χ1) is 31.0. The fraction of sp³-hybridized carbons (Fsp3) is 0.323. The molecule has 1 aliphatic carbocycles. The van der Waals surface area contributed by atoms with Gasteiger partial charge in [0.15, 0.2) is 0 Å². The predicted molar refractivity (Wildman–Crippen MR) is 281 cm³/mol. The minimum absolute atomic E-state index is 0.00939. The van der Waals surface area contributed by atoms with Crippen molar-refractivity contribution in [3.05, 3.63) is 197 Å². The lowest BCUT2D eigenvalue weighted by Crippen LogP contribution is -2.61. The highest BCUT2D eigenvalue weighted by Gasteiger charge is 2.45. The van der Waals surface area contributed by atoms with Gasteiger partial charge in [-0.15, -0.1) is 0 Å². The van der Waals surface area contributed by atoms with Crippen molar-refractivity contribution >= 4 is 57.2 Å². The summed E-state index contributed by atoms with van der Waals surface area (Å²) in [5, 5.41) is 0. The number of anilines is 6. The van der Waals surface area contributed by atoms with E-state index in [1.807, 2.05) is 0 Å². The monoisotopic (exact) mass is 851 g/mol. The van der Waals surface area contributed by atoms with Crippen LogP contribution in [0.2, 0.25) is 0 Å². The highest BCUT2D eigenvalue weighted by Crippen LogP contribution is 2.48. The number of hydrogen-bond acceptors (Lipinski definition) is 2. The molecule has 0 radical (unpaired) electrons. The third-order valence-electron chi connectivity index (χ3n) is 15.6. The van der Waals surface area contributed by atoms with Gasteiger partial charge in [0, 0.05) is 45.0 Å². The summed E-state index contributed by atoms with van der Waals surface area (Å²) in [4.78, 5) is 5.26. The van der Waals surface area contributed by atoms with E-state index in [1.54, 1.807) is 0 Å². The van der Waals surface area contributed by atoms with Crippen LogP contribution in [0.15, 0.2) is 158 Å². The molecule has 0 amide bonds. The molecule has 1 saturated carbocycles. The van der Waals surface area contributed by atoms with Crippen molar-refractivity contribution in [1.82, 2.24) is 0 Å². The number of rotatable bonds is 7. The van der Waals surface area contributed by atoms with Crippen LogP contribution in [0.1, 0.15) is 146 Å². The zero-order valence-electron chi connectivity index (χ0n) is 40.6. The first kappa shape index (κ1) is 43.1. The van der Waals surface area contributed by atoms with Gasteiger partial charge in [0.05, 0.1) is 0 Å². The Balaban J connectivity index is 1.23. The summed E-state index contributed by atoms with van der Waals surface area (Å²) in [5.74, 6) is 0.532. The number of fused-ring (bicyclic) bond motifs is 4. The summed E-state index contributed by atoms with van der Waals surface area (Å²) < 4.78 is 0. The van der Waals surface area contributed by atoms with Gasteiger partial charge in [-0.3, -0.25) is 0 Å². The van der Waals surface area contributed by atoms with E-state index in [9.17, 15) is 0 Å². The molecule has 3 aliphatic rings. The van der Waals surface area contributed by atoms with Crippen LogP contribution >= 0.6 is 0 Å². The Kier molecular flexibility index (Phi) is 10.6. The quantitative estimate of drug-likeness (QED) is 0.147. The molecular weight excluding hydrogens is 784 g/mol. The van der Waals surface area contributed by atoms with Crippen molar-refractivity contribution in [1.29, 1.82) is 0 Å². The molecule has 2 heterocycles. The molecule has 2 aliphatic heterocycles. The molecule has 0 bridgehead atoms. The number of benzene rings is 7. The Labute approximate surface area is 390 Å². The van der Waals surface area contributed by atoms with E-state index in [0.29, 0.717) is 5.92 Å². The molecule has 0 N–H and O–H groups in total. The topological polar surface area (TPSA) is 6.48 Å². The van der Waals surface area contributed by atoms with E-state index in [2.05, 4.69) is 237 Å². The van der Waals surface area contributed by atoms with Crippen LogP contribution < -0.4 is 26.2 Å². The molecule has 10 rings (SSSR count). The van der Waals surface area contributed by atoms with E-state index < -0.39 is 0 Å². The summed E-state index contributed by atoms with van der Waals surface area (Å²) in [7, 11) is 0. The van der Waals surface area contributed by atoms with E-state index in [0.717, 1.165) is 0 Å². The van der Waals surface area contributed by atoms with E-state index in [4.69, 9.17) is 0 Å². The molecular formula is C62H67BN2. The van der Waals surface area contributed by atoms with Crippen LogP contribution in [-0.2, 0) is 21.7 Å². The zero-order chi connectivity index (χ0) is 45.5. The van der Waals surface area contributed by atoms with Gasteiger partial charge in [-0.05, 0) is 133 Å². The SMILES string of the molecule is CC(C)(C)c1ccc2c(c1)B1c3cc(C(C)(C)C)ccc3N(c3ccc(C(C)(C)c4ccccc4)cc3)c3cc(C4CCCCC4)cc(c31)N2c1ccc(C(C)(C)c2ccccc2)cc1. The molecule has 0 saturated heterocycles. The maximum Gasteiger partial charge on any atom is 0.252 e. The van der Waals surface area contributed by atoms with Crippen LogP contribution in [0, 0.1) is 0 Å². The van der Waals surface area contributed by atoms with Crippen LogP contribution in [0.3, 0.4) is 0 Å². The summed E-state index contributed by atoms with van der Waals surface area (Å²) >= 11 is 0. The van der Waals surface area contributed by atoms with Crippen LogP contribution in [0.4, 0.5) is 34.1 Å². The van der Waals surface area contributed by atoms with Gasteiger partial charge in [-0.2, -0.15) is 0 Å². The maximum atomic E-state index is 2.63. The fourth-order valence-corrected chi connectivity index (χ4v) is 11.3. The van der Waals surface area contributed by atoms with E-state index in [1.165, 1.54) is 122 Å². The van der Waals surface area contributed by atoms with E-state index >= 15 is 0 Å². The van der Waals surface area contributed by atoms with Crippen molar-refractivity contribution in [2.24, 2.45) is 0 Å². The summed E-state index contributed by atoms with van der Waals surface area (Å²) in [5.41, 5.74) is 21.0. The molecule has 1 fully saturated rings. The Morgan fingerprint density at radius 1 is 0.385 bits per heavy atom. The molecule has 65 heavy (non-hydrogen) atoms. The normalized spacial score (nSPS) is 15.4. The summed E-state index contributed by atoms with van der Waals surface area (Å²) in [6.45, 7) is 23.6. The van der Waals surface area contributed by atoms with Crippen LogP contribution in [0.5, 0.6) is 0 Å². The second-order valence-corrected chi connectivity index (χ2v) is 22.5. The van der Waals surface area contributed by atoms with Crippen molar-refractivity contribution in [3.63, 3.8) is 0 Å². The predicted octanol–water partition coefficient (Wildman–Crippen LogP) is 15.1. The maximum absolute atomic E-state index is 2.63. The standard InChI is InChI=1S/C62H67BN2/c1-59(2,3)48-30-36-54-52(40-48)63-53-41-49(60(4,5)6)31-37-55(53)65(51-34-28-47(29-35-51)62(9,10)45-24-18-13-19-25-45)57-39-43(42-20-14-11-15-21-42)38-56(58(57)63)64(54)50-32-26-46(27-33-50)61(7,8)44-22-16-12-17-23-44/h12-13,16-19,22-42H,11,14-15,20-21H2,1-10H3. The fourth-order valence-electron chi connectivity index (χ4n) is 11.3. The molecule has 328 valence electrons. The van der Waals surface area contributed by atoms with Gasteiger partial charge in [0.1, 0.15) is 0 Å². The Morgan fingerprint density at radius 3 is 1.14 bits per heavy atom. The summed E-state index contributed by atoms with van der Waals surface area (Å²) in [6.07, 6.45) is 6.40. The van der Waals surface area contributed by atoms with Crippen LogP contribution in [0.25, 0.3) is 0 Å². The third kappa shape index (κ3) is 7.54. The van der Waals surface area contributed by atoms with Crippen molar-refractivity contribution in [2.45, 2.75) is 129 Å². The van der Waals surface area contributed by atoms with Crippen LogP contribution in [-0.4, -0.2) is 6.71 Å². The molecule has 0 aromatic heterocycles. The van der Waals surface area contributed by atoms with Gasteiger partial charge in [0.2, 0.25) is 0 Å². The molecule has 7 aromatic carbocycles. The molecule has 7 aromatic rings. The number of hydrogen-bond donors (Lipinski definition) is 0. The lowest BCUT2D eigenvalue weighted by Gasteiger charge is -2.45. The third-order valence-corrected chi connectivity index (χ3v) is 15.6. The average molecular weight is 851 g/mol. The van der Waals surface area contributed by atoms with Crippen molar-refractivity contribution in [2.75, 3.05) is 9.80 Å². The second-order valence-electron chi connectivity index (χ2n) is 22.5. The summed E-state index contributed by atoms with van der Waals surface area (Å²) in [6, 6.07) is 61.0. The largest absolute Gasteiger partial charge is 0.311 e. The lowest BCUT2D eigenvalue weighted by molar-refractivity contribution is 0.444. The van der Waals surface area contributed by atoms with Gasteiger partial charge in [-0.25, -0.2) is 0 Å². The highest BCUT2D eigenvalue weighted by atomic mass is 15.2. The van der Waals surface area contributed by atoms with Gasteiger partial charge in [0.25, 0.3) is 6.71 Å². The van der Waals surface area contributed by atoms with Crippen molar-refractivity contribution < 1.29 is 0 Å². The Morgan fingerprint density at radius 2 is 0.754 bits per heavy atom. The Hall–Kier alpha value is -5.80. The van der Waals surface area contributed by atoms with Crippen molar-refractivity contribution in [3.8, 4) is 0 Å². The molecule has 0 spiro atoms. The first-order valence-electron chi connectivity index (χ1n) is 24.4. The second kappa shape index (κ2) is 16.0. The van der Waals surface area contributed by atoms with Gasteiger partial charge >= 0.3 is 0 Å². The Bertz CT molecular complexity index is 2670. The lowest BCUT2D eigenvalue weighted by atomic mass is 9.33. The number of nitrogens with zero attached hydrogens (tertiary/aromatic N) is 2.